The van der Waals surface area contributed by atoms with E-state index in [1.165, 1.54) is 0 Å². The minimum Gasteiger partial charge on any atom is -0.394 e. The molecule has 0 amide bonds. The molecule has 5 nitrogen and oxygen atoms in total. The highest BCUT2D eigenvalue weighted by molar-refractivity contribution is 7.91. The van der Waals surface area contributed by atoms with E-state index in [1.54, 1.807) is 0 Å². The van der Waals surface area contributed by atoms with E-state index in [2.05, 4.69) is 0 Å². The molecule has 0 aromatic rings. The molecule has 0 spiro atoms. The minimum atomic E-state index is -2.98. The van der Waals surface area contributed by atoms with Crippen LogP contribution in [0.15, 0.2) is 0 Å². The molecule has 1 atom stereocenters. The molecule has 1 fully saturated rings. The fraction of sp³-hybridized carbons (Fsp3) is 1.00. The third kappa shape index (κ3) is 2.63. The molecular formula is C7H15NO4S. The monoisotopic (exact) mass is 209 g/mol. The van der Waals surface area contributed by atoms with E-state index in [-0.39, 0.29) is 31.3 Å². The Morgan fingerprint density at radius 2 is 2.23 bits per heavy atom. The third-order valence-corrected chi connectivity index (χ3v) is 4.02. The van der Waals surface area contributed by atoms with Gasteiger partial charge < -0.3 is 15.6 Å². The molecule has 1 aliphatic heterocycles. The summed E-state index contributed by atoms with van der Waals surface area (Å²) in [6.45, 7) is 0.223. The summed E-state index contributed by atoms with van der Waals surface area (Å²) >= 11 is 0. The lowest BCUT2D eigenvalue weighted by molar-refractivity contribution is -0.0340. The Hall–Kier alpha value is -0.170. The second-order valence-corrected chi connectivity index (χ2v) is 5.49. The van der Waals surface area contributed by atoms with E-state index in [4.69, 9.17) is 15.6 Å². The van der Waals surface area contributed by atoms with Crippen molar-refractivity contribution in [2.24, 2.45) is 5.73 Å². The summed E-state index contributed by atoms with van der Waals surface area (Å²) in [5, 5.41) is 8.55. The van der Waals surface area contributed by atoms with Crippen molar-refractivity contribution in [2.45, 2.75) is 12.0 Å². The van der Waals surface area contributed by atoms with Gasteiger partial charge in [-0.2, -0.15) is 0 Å². The SMILES string of the molecule is NCC1(OCCO)CCS(=O)(=O)C1. The molecule has 0 aromatic heterocycles. The highest BCUT2D eigenvalue weighted by Crippen LogP contribution is 2.26. The van der Waals surface area contributed by atoms with Gasteiger partial charge in [-0.1, -0.05) is 0 Å². The van der Waals surface area contributed by atoms with Gasteiger partial charge in [-0.25, -0.2) is 8.42 Å². The second kappa shape index (κ2) is 3.91. The normalized spacial score (nSPS) is 32.2. The molecule has 1 unspecified atom stereocenters. The van der Waals surface area contributed by atoms with Crippen LogP contribution in [0.25, 0.3) is 0 Å². The standard InChI is InChI=1S/C7H15NO4S/c8-5-7(12-3-2-9)1-4-13(10,11)6-7/h9H,1-6,8H2. The largest absolute Gasteiger partial charge is 0.394 e. The molecule has 0 saturated carbocycles. The van der Waals surface area contributed by atoms with Crippen LogP contribution in [0.3, 0.4) is 0 Å². The number of hydrogen-bond acceptors (Lipinski definition) is 5. The number of aliphatic hydroxyl groups is 1. The lowest BCUT2D eigenvalue weighted by Crippen LogP contribution is -2.42. The second-order valence-electron chi connectivity index (χ2n) is 3.30. The molecule has 0 aliphatic carbocycles. The Labute approximate surface area is 77.8 Å². The molecule has 0 aromatic carbocycles. The van der Waals surface area contributed by atoms with E-state index >= 15 is 0 Å². The maximum atomic E-state index is 11.2. The first kappa shape index (κ1) is 10.9. The molecule has 6 heteroatoms. The lowest BCUT2D eigenvalue weighted by atomic mass is 10.0. The maximum absolute atomic E-state index is 11.2. The molecule has 1 aliphatic rings. The first-order valence-corrected chi connectivity index (χ1v) is 6.01. The smallest absolute Gasteiger partial charge is 0.153 e. The zero-order valence-electron chi connectivity index (χ0n) is 7.40. The molecule has 1 rings (SSSR count). The average Bonchev–Trinajstić information content (AvgIpc) is 2.40. The molecule has 78 valence electrons. The Morgan fingerprint density at radius 3 is 2.62 bits per heavy atom. The highest BCUT2D eigenvalue weighted by atomic mass is 32.2. The van der Waals surface area contributed by atoms with Crippen molar-refractivity contribution in [1.29, 1.82) is 0 Å². The first-order chi connectivity index (χ1) is 6.04. The van der Waals surface area contributed by atoms with Crippen LogP contribution in [0.4, 0.5) is 0 Å². The molecule has 0 bridgehead atoms. The number of nitrogens with two attached hydrogens (primary N) is 1. The molecule has 0 radical (unpaired) electrons. The predicted molar refractivity (Wildman–Crippen MR) is 48.1 cm³/mol. The van der Waals surface area contributed by atoms with Crippen molar-refractivity contribution >= 4 is 9.84 Å². The predicted octanol–water partition coefficient (Wildman–Crippen LogP) is -1.49. The van der Waals surface area contributed by atoms with Gasteiger partial charge in [0.2, 0.25) is 0 Å². The van der Waals surface area contributed by atoms with Crippen LogP contribution in [0.1, 0.15) is 6.42 Å². The fourth-order valence-electron chi connectivity index (χ4n) is 1.48. The van der Waals surface area contributed by atoms with Gasteiger partial charge in [0, 0.05) is 6.54 Å². The lowest BCUT2D eigenvalue weighted by Gasteiger charge is -2.25. The minimum absolute atomic E-state index is 0.0174. The molecular weight excluding hydrogens is 194 g/mol. The van der Waals surface area contributed by atoms with Gasteiger partial charge in [-0.3, -0.25) is 0 Å². The zero-order valence-corrected chi connectivity index (χ0v) is 8.22. The topological polar surface area (TPSA) is 89.6 Å². The van der Waals surface area contributed by atoms with Crippen molar-refractivity contribution < 1.29 is 18.3 Å². The Bertz CT molecular complexity index is 264. The van der Waals surface area contributed by atoms with Gasteiger partial charge in [-0.15, -0.1) is 0 Å². The molecule has 1 saturated heterocycles. The number of aliphatic hydroxyl groups excluding tert-OH is 1. The van der Waals surface area contributed by atoms with Crippen molar-refractivity contribution in [3.63, 3.8) is 0 Å². The number of ether oxygens (including phenoxy) is 1. The average molecular weight is 209 g/mol. The summed E-state index contributed by atoms with van der Waals surface area (Å²) < 4.78 is 27.6. The van der Waals surface area contributed by atoms with Gasteiger partial charge in [0.1, 0.15) is 0 Å². The van der Waals surface area contributed by atoms with Crippen LogP contribution in [0.5, 0.6) is 0 Å². The van der Waals surface area contributed by atoms with Crippen LogP contribution < -0.4 is 5.73 Å². The Balaban J connectivity index is 2.63. The first-order valence-electron chi connectivity index (χ1n) is 4.19. The van der Waals surface area contributed by atoms with E-state index in [9.17, 15) is 8.42 Å². The van der Waals surface area contributed by atoms with E-state index in [0.29, 0.717) is 6.42 Å². The van der Waals surface area contributed by atoms with Crippen molar-refractivity contribution in [3.05, 3.63) is 0 Å². The van der Waals surface area contributed by atoms with Crippen molar-refractivity contribution in [1.82, 2.24) is 0 Å². The fourth-order valence-corrected chi connectivity index (χ4v) is 3.46. The van der Waals surface area contributed by atoms with Gasteiger partial charge >= 0.3 is 0 Å². The van der Waals surface area contributed by atoms with Gasteiger partial charge in [0.15, 0.2) is 9.84 Å². The van der Waals surface area contributed by atoms with Crippen LogP contribution >= 0.6 is 0 Å². The van der Waals surface area contributed by atoms with Crippen LogP contribution in [0.2, 0.25) is 0 Å². The highest BCUT2D eigenvalue weighted by Gasteiger charge is 2.42. The number of rotatable bonds is 4. The van der Waals surface area contributed by atoms with Crippen LogP contribution in [0, 0.1) is 0 Å². The number of sulfone groups is 1. The number of hydrogen-bond donors (Lipinski definition) is 2. The Morgan fingerprint density at radius 1 is 1.54 bits per heavy atom. The van der Waals surface area contributed by atoms with E-state index in [0.717, 1.165) is 0 Å². The molecule has 3 N–H and O–H groups in total. The van der Waals surface area contributed by atoms with Crippen LogP contribution in [-0.2, 0) is 14.6 Å². The maximum Gasteiger partial charge on any atom is 0.153 e. The molecule has 13 heavy (non-hydrogen) atoms. The van der Waals surface area contributed by atoms with Crippen LogP contribution in [-0.4, -0.2) is 50.4 Å². The zero-order chi connectivity index (χ0) is 9.95. The molecule has 1 heterocycles. The van der Waals surface area contributed by atoms with E-state index in [1.807, 2.05) is 0 Å². The van der Waals surface area contributed by atoms with Gasteiger partial charge in [-0.05, 0) is 6.42 Å². The summed E-state index contributed by atoms with van der Waals surface area (Å²) in [6.07, 6.45) is 0.436. The van der Waals surface area contributed by atoms with Gasteiger partial charge in [0.05, 0.1) is 30.3 Å². The summed E-state index contributed by atoms with van der Waals surface area (Å²) in [5.41, 5.74) is 4.71. The van der Waals surface area contributed by atoms with E-state index < -0.39 is 15.4 Å². The quantitative estimate of drug-likeness (QED) is 0.589. The Kier molecular flexibility index (Phi) is 3.28. The third-order valence-electron chi connectivity index (χ3n) is 2.22. The van der Waals surface area contributed by atoms with Gasteiger partial charge in [0.25, 0.3) is 0 Å². The summed E-state index contributed by atoms with van der Waals surface area (Å²) in [6, 6.07) is 0. The summed E-state index contributed by atoms with van der Waals surface area (Å²) in [4.78, 5) is 0. The van der Waals surface area contributed by atoms with Crippen molar-refractivity contribution in [2.75, 3.05) is 31.3 Å². The summed E-state index contributed by atoms with van der Waals surface area (Å²) in [5.74, 6) is 0.117. The van der Waals surface area contributed by atoms with Crippen molar-refractivity contribution in [3.8, 4) is 0 Å². The summed E-state index contributed by atoms with van der Waals surface area (Å²) in [7, 11) is -2.98.